The van der Waals surface area contributed by atoms with Gasteiger partial charge in [0.15, 0.2) is 0 Å². The van der Waals surface area contributed by atoms with Crippen molar-refractivity contribution in [3.63, 3.8) is 0 Å². The van der Waals surface area contributed by atoms with Crippen LogP contribution in [0.5, 0.6) is 0 Å². The molecule has 5 fully saturated rings. The molecule has 0 radical (unpaired) electrons. The molecular weight excluding hydrogens is 272 g/mol. The number of hydrogen-bond donors (Lipinski definition) is 0. The van der Waals surface area contributed by atoms with E-state index in [4.69, 9.17) is 9.47 Å². The van der Waals surface area contributed by atoms with Crippen molar-refractivity contribution in [2.75, 3.05) is 0 Å². The van der Waals surface area contributed by atoms with Crippen molar-refractivity contribution in [2.24, 2.45) is 23.7 Å². The molecule has 2 saturated heterocycles. The van der Waals surface area contributed by atoms with Crippen molar-refractivity contribution in [3.05, 3.63) is 0 Å². The Kier molecular flexibility index (Phi) is 3.75. The molecule has 0 aromatic carbocycles. The van der Waals surface area contributed by atoms with Gasteiger partial charge < -0.3 is 9.47 Å². The van der Waals surface area contributed by atoms with Crippen LogP contribution in [0.15, 0.2) is 0 Å². The fraction of sp³-hybridized carbons (Fsp3) is 1.00. The van der Waals surface area contributed by atoms with Gasteiger partial charge in [0, 0.05) is 0 Å². The summed E-state index contributed by atoms with van der Waals surface area (Å²) in [7, 11) is 0. The second-order valence-corrected chi connectivity index (χ2v) is 9.06. The summed E-state index contributed by atoms with van der Waals surface area (Å²) < 4.78 is 11.5. The molecule has 0 amide bonds. The predicted molar refractivity (Wildman–Crippen MR) is 86.7 cm³/mol. The summed E-state index contributed by atoms with van der Waals surface area (Å²) in [6.07, 6.45) is 20.1. The molecule has 8 atom stereocenters. The van der Waals surface area contributed by atoms with Gasteiger partial charge in [-0.2, -0.15) is 0 Å². The van der Waals surface area contributed by atoms with Crippen LogP contribution in [0, 0.1) is 23.7 Å². The van der Waals surface area contributed by atoms with E-state index < -0.39 is 0 Å². The molecule has 2 aliphatic heterocycles. The highest BCUT2D eigenvalue weighted by molar-refractivity contribution is 4.95. The van der Waals surface area contributed by atoms with Gasteiger partial charge in [-0.05, 0) is 75.0 Å². The zero-order valence-corrected chi connectivity index (χ0v) is 13.9. The van der Waals surface area contributed by atoms with Gasteiger partial charge in [0.25, 0.3) is 0 Å². The molecule has 2 nitrogen and oxygen atoms in total. The van der Waals surface area contributed by atoms with E-state index in [-0.39, 0.29) is 0 Å². The maximum absolute atomic E-state index is 5.75. The monoisotopic (exact) mass is 304 g/mol. The quantitative estimate of drug-likeness (QED) is 0.703. The van der Waals surface area contributed by atoms with Crippen LogP contribution >= 0.6 is 0 Å². The lowest BCUT2D eigenvalue weighted by Gasteiger charge is -2.37. The third-order valence-corrected chi connectivity index (χ3v) is 7.56. The molecule has 0 bridgehead atoms. The van der Waals surface area contributed by atoms with Crippen molar-refractivity contribution in [1.82, 2.24) is 0 Å². The van der Waals surface area contributed by atoms with Crippen LogP contribution in [0.2, 0.25) is 0 Å². The lowest BCUT2D eigenvalue weighted by Crippen LogP contribution is -2.27. The molecule has 2 heteroatoms. The van der Waals surface area contributed by atoms with Crippen molar-refractivity contribution in [2.45, 2.75) is 101 Å². The van der Waals surface area contributed by atoms with Crippen molar-refractivity contribution in [1.29, 1.82) is 0 Å². The molecule has 3 aliphatic carbocycles. The van der Waals surface area contributed by atoms with E-state index in [0.717, 1.165) is 23.7 Å². The average Bonchev–Trinajstić information content (AvgIpc) is 3.42. The first-order valence-electron chi connectivity index (χ1n) is 10.2. The maximum atomic E-state index is 5.75. The third-order valence-electron chi connectivity index (χ3n) is 7.56. The number of rotatable bonds is 4. The summed E-state index contributed by atoms with van der Waals surface area (Å²) in [5.41, 5.74) is 0. The highest BCUT2D eigenvalue weighted by Crippen LogP contribution is 2.47. The fourth-order valence-corrected chi connectivity index (χ4v) is 6.16. The van der Waals surface area contributed by atoms with Gasteiger partial charge in [0.1, 0.15) is 0 Å². The topological polar surface area (TPSA) is 25.1 Å². The Morgan fingerprint density at radius 1 is 0.545 bits per heavy atom. The average molecular weight is 304 g/mol. The Bertz CT molecular complexity index is 371. The van der Waals surface area contributed by atoms with Gasteiger partial charge in [-0.3, -0.25) is 0 Å². The fourth-order valence-electron chi connectivity index (χ4n) is 6.16. The second-order valence-electron chi connectivity index (χ2n) is 9.06. The van der Waals surface area contributed by atoms with Crippen LogP contribution in [0.1, 0.15) is 77.0 Å². The lowest BCUT2D eigenvalue weighted by atomic mass is 9.68. The van der Waals surface area contributed by atoms with Gasteiger partial charge in [-0.25, -0.2) is 0 Å². The molecule has 5 aliphatic rings. The van der Waals surface area contributed by atoms with E-state index in [1.54, 1.807) is 0 Å². The minimum atomic E-state index is 0.670. The number of epoxide rings is 2. The van der Waals surface area contributed by atoms with E-state index in [1.165, 1.54) is 77.0 Å². The van der Waals surface area contributed by atoms with Gasteiger partial charge in [-0.1, -0.05) is 25.7 Å². The van der Waals surface area contributed by atoms with Crippen LogP contribution < -0.4 is 0 Å². The van der Waals surface area contributed by atoms with Gasteiger partial charge in [0.2, 0.25) is 0 Å². The van der Waals surface area contributed by atoms with Crippen LogP contribution in [-0.4, -0.2) is 24.4 Å². The van der Waals surface area contributed by atoms with E-state index in [1.807, 2.05) is 0 Å². The lowest BCUT2D eigenvalue weighted by molar-refractivity contribution is 0.146. The molecular formula is C20H32O2. The second kappa shape index (κ2) is 5.77. The molecule has 22 heavy (non-hydrogen) atoms. The number of hydrogen-bond acceptors (Lipinski definition) is 2. The Morgan fingerprint density at radius 3 is 1.50 bits per heavy atom. The third kappa shape index (κ3) is 2.98. The Labute approximate surface area is 135 Å². The van der Waals surface area contributed by atoms with Crippen molar-refractivity contribution < 1.29 is 9.47 Å². The summed E-state index contributed by atoms with van der Waals surface area (Å²) >= 11 is 0. The Balaban J connectivity index is 1.16. The molecule has 5 rings (SSSR count). The summed E-state index contributed by atoms with van der Waals surface area (Å²) in [6.45, 7) is 0. The van der Waals surface area contributed by atoms with Crippen LogP contribution in [0.3, 0.4) is 0 Å². The number of fused-ring (bicyclic) bond motifs is 2. The van der Waals surface area contributed by atoms with E-state index in [9.17, 15) is 0 Å². The van der Waals surface area contributed by atoms with Crippen LogP contribution in [0.25, 0.3) is 0 Å². The van der Waals surface area contributed by atoms with E-state index in [2.05, 4.69) is 0 Å². The normalized spacial score (nSPS) is 53.5. The van der Waals surface area contributed by atoms with Gasteiger partial charge >= 0.3 is 0 Å². The highest BCUT2D eigenvalue weighted by Gasteiger charge is 2.46. The van der Waals surface area contributed by atoms with E-state index >= 15 is 0 Å². The van der Waals surface area contributed by atoms with Crippen LogP contribution in [0.4, 0.5) is 0 Å². The first kappa shape index (κ1) is 14.3. The van der Waals surface area contributed by atoms with Crippen molar-refractivity contribution >= 4 is 0 Å². The molecule has 0 spiro atoms. The van der Waals surface area contributed by atoms with Crippen LogP contribution in [-0.2, 0) is 9.47 Å². The van der Waals surface area contributed by atoms with Crippen molar-refractivity contribution in [3.8, 4) is 0 Å². The molecule has 8 unspecified atom stereocenters. The maximum Gasteiger partial charge on any atom is 0.0844 e. The molecule has 0 aromatic rings. The molecule has 0 aromatic heterocycles. The molecule has 0 N–H and O–H groups in total. The summed E-state index contributed by atoms with van der Waals surface area (Å²) in [6, 6.07) is 0. The molecule has 124 valence electrons. The standard InChI is InChI=1S/C20H32O2/c1-2-4-16(10-14-6-8-18-20(12-14)22-18)15(3-1)9-13-5-7-17-19(11-13)21-17/h13-20H,1-12H2. The summed E-state index contributed by atoms with van der Waals surface area (Å²) in [4.78, 5) is 0. The summed E-state index contributed by atoms with van der Waals surface area (Å²) in [5.74, 6) is 4.03. The highest BCUT2D eigenvalue weighted by atomic mass is 16.6. The minimum absolute atomic E-state index is 0.670. The predicted octanol–water partition coefficient (Wildman–Crippen LogP) is 4.71. The molecule has 2 heterocycles. The first-order valence-corrected chi connectivity index (χ1v) is 10.2. The SMILES string of the molecule is C1CCC(CC2CCC3OC3C2)C(CC2CCC3OC3C2)C1. The smallest absolute Gasteiger partial charge is 0.0844 e. The summed E-state index contributed by atoms with van der Waals surface area (Å²) in [5, 5.41) is 0. The number of ether oxygens (including phenoxy) is 2. The minimum Gasteiger partial charge on any atom is -0.370 e. The Morgan fingerprint density at radius 2 is 1.05 bits per heavy atom. The van der Waals surface area contributed by atoms with Gasteiger partial charge in [-0.15, -0.1) is 0 Å². The zero-order chi connectivity index (χ0) is 14.5. The Hall–Kier alpha value is -0.0800. The molecule has 3 saturated carbocycles. The largest absolute Gasteiger partial charge is 0.370 e. The van der Waals surface area contributed by atoms with E-state index in [0.29, 0.717) is 24.4 Å². The first-order chi connectivity index (χ1) is 10.8. The zero-order valence-electron chi connectivity index (χ0n) is 13.9. The van der Waals surface area contributed by atoms with Gasteiger partial charge in [0.05, 0.1) is 24.4 Å².